The van der Waals surface area contributed by atoms with Crippen LogP contribution in [-0.4, -0.2) is 43.4 Å². The fourth-order valence-corrected chi connectivity index (χ4v) is 4.38. The lowest BCUT2D eigenvalue weighted by atomic mass is 10.2. The number of nitrogens with zero attached hydrogens (tertiary/aromatic N) is 2. The van der Waals surface area contributed by atoms with Crippen molar-refractivity contribution in [2.45, 2.75) is 25.3 Å². The van der Waals surface area contributed by atoms with E-state index in [2.05, 4.69) is 10.3 Å². The van der Waals surface area contributed by atoms with Gasteiger partial charge in [-0.1, -0.05) is 11.6 Å². The van der Waals surface area contributed by atoms with Gasteiger partial charge in [-0.2, -0.15) is 4.31 Å². The van der Waals surface area contributed by atoms with Crippen molar-refractivity contribution in [1.82, 2.24) is 9.29 Å². The molecule has 1 aromatic carbocycles. The molecule has 0 radical (unpaired) electrons. The van der Waals surface area contributed by atoms with Gasteiger partial charge in [-0.15, -0.1) is 0 Å². The summed E-state index contributed by atoms with van der Waals surface area (Å²) in [5, 5.41) is 2.87. The van der Waals surface area contributed by atoms with E-state index in [9.17, 15) is 13.2 Å². The molecule has 0 unspecified atom stereocenters. The number of anilines is 1. The van der Waals surface area contributed by atoms with Crippen LogP contribution in [0.1, 0.15) is 19.6 Å². The topological polar surface area (TPSA) is 111 Å². The lowest BCUT2D eigenvalue weighted by Gasteiger charge is -2.21. The van der Waals surface area contributed by atoms with E-state index in [4.69, 9.17) is 25.5 Å². The van der Waals surface area contributed by atoms with E-state index in [0.717, 1.165) is 10.5 Å². The number of pyridine rings is 1. The van der Waals surface area contributed by atoms with Crippen molar-refractivity contribution in [1.29, 1.82) is 0 Å². The lowest BCUT2D eigenvalue weighted by Crippen LogP contribution is -2.37. The second-order valence-corrected chi connectivity index (χ2v) is 9.07. The summed E-state index contributed by atoms with van der Waals surface area (Å²) >= 11 is 5.79. The average molecular weight is 494 g/mol. The van der Waals surface area contributed by atoms with Gasteiger partial charge in [0, 0.05) is 12.3 Å². The second kappa shape index (κ2) is 11.2. The van der Waals surface area contributed by atoms with Gasteiger partial charge >= 0.3 is 0 Å². The maximum atomic E-state index is 13.2. The molecule has 0 aliphatic heterocycles. The number of hydrogen-bond acceptors (Lipinski definition) is 7. The normalized spacial score (nSPS) is 11.4. The number of furan rings is 1. The summed E-state index contributed by atoms with van der Waals surface area (Å²) in [5.41, 5.74) is 0.372. The number of carbonyl (C=O) groups is 1. The number of rotatable bonds is 11. The number of amides is 1. The highest BCUT2D eigenvalue weighted by Gasteiger charge is 2.28. The Morgan fingerprint density at radius 3 is 2.58 bits per heavy atom. The van der Waals surface area contributed by atoms with Crippen LogP contribution in [0.5, 0.6) is 11.5 Å². The molecule has 9 nitrogen and oxygen atoms in total. The molecule has 1 N–H and O–H groups in total. The molecule has 0 bridgehead atoms. The van der Waals surface area contributed by atoms with E-state index in [1.54, 1.807) is 30.3 Å². The molecule has 3 rings (SSSR count). The van der Waals surface area contributed by atoms with Crippen LogP contribution in [0.2, 0.25) is 5.15 Å². The van der Waals surface area contributed by atoms with Crippen molar-refractivity contribution in [3.8, 4) is 11.5 Å². The Hall–Kier alpha value is -3.08. The van der Waals surface area contributed by atoms with Crippen molar-refractivity contribution < 1.29 is 27.1 Å². The predicted molar refractivity (Wildman–Crippen MR) is 123 cm³/mol. The fraction of sp³-hybridized carbons (Fsp3) is 0.273. The van der Waals surface area contributed by atoms with Gasteiger partial charge in [0.25, 0.3) is 0 Å². The molecule has 0 aliphatic carbocycles. The summed E-state index contributed by atoms with van der Waals surface area (Å²) in [4.78, 5) is 16.7. The zero-order valence-corrected chi connectivity index (χ0v) is 19.7. The minimum absolute atomic E-state index is 0.0976. The molecular weight excluding hydrogens is 470 g/mol. The minimum atomic E-state index is -4.08. The van der Waals surface area contributed by atoms with Gasteiger partial charge in [0.15, 0.2) is 0 Å². The molecule has 2 aromatic heterocycles. The second-order valence-electron chi connectivity index (χ2n) is 6.74. The van der Waals surface area contributed by atoms with Crippen molar-refractivity contribution in [2.24, 2.45) is 0 Å². The largest absolute Gasteiger partial charge is 0.494 e. The van der Waals surface area contributed by atoms with E-state index >= 15 is 0 Å². The lowest BCUT2D eigenvalue weighted by molar-refractivity contribution is -0.116. The Labute approximate surface area is 197 Å². The van der Waals surface area contributed by atoms with E-state index in [1.807, 2.05) is 13.8 Å². The zero-order valence-electron chi connectivity index (χ0n) is 18.2. The number of aromatic nitrogens is 1. The highest BCUT2D eigenvalue weighted by Crippen LogP contribution is 2.30. The summed E-state index contributed by atoms with van der Waals surface area (Å²) in [6, 6.07) is 11.0. The molecule has 0 saturated carbocycles. The first-order valence-electron chi connectivity index (χ1n) is 10.2. The summed E-state index contributed by atoms with van der Waals surface area (Å²) < 4.78 is 43.8. The smallest absolute Gasteiger partial charge is 0.245 e. The Morgan fingerprint density at radius 1 is 1.15 bits per heavy atom. The van der Waals surface area contributed by atoms with Gasteiger partial charge in [-0.3, -0.25) is 4.79 Å². The Bertz CT molecular complexity index is 1170. The van der Waals surface area contributed by atoms with Gasteiger partial charge in [-0.25, -0.2) is 13.4 Å². The van der Waals surface area contributed by atoms with Gasteiger partial charge in [0.1, 0.15) is 27.3 Å². The van der Waals surface area contributed by atoms with Gasteiger partial charge < -0.3 is 19.2 Å². The Morgan fingerprint density at radius 2 is 1.94 bits per heavy atom. The van der Waals surface area contributed by atoms with Gasteiger partial charge in [-0.05, 0) is 50.2 Å². The first kappa shape index (κ1) is 24.6. The summed E-state index contributed by atoms with van der Waals surface area (Å²) in [7, 11) is -4.08. The quantitative estimate of drug-likeness (QED) is 0.402. The van der Waals surface area contributed by atoms with Gasteiger partial charge in [0.05, 0.1) is 38.3 Å². The van der Waals surface area contributed by atoms with Crippen molar-refractivity contribution in [3.63, 3.8) is 0 Å². The summed E-state index contributed by atoms with van der Waals surface area (Å²) in [5.74, 6) is 0.795. The summed E-state index contributed by atoms with van der Waals surface area (Å²) in [6.45, 7) is 3.88. The minimum Gasteiger partial charge on any atom is -0.494 e. The molecule has 2 heterocycles. The molecule has 0 aliphatic rings. The number of sulfonamides is 1. The third kappa shape index (κ3) is 6.47. The van der Waals surface area contributed by atoms with E-state index in [-0.39, 0.29) is 16.6 Å². The SMILES string of the molecule is CCOc1ccc(OCC)c(NC(=O)CN(Cc2ccco2)S(=O)(=O)c2ccc(Cl)nc2)c1. The predicted octanol–water partition coefficient (Wildman–Crippen LogP) is 3.96. The molecule has 11 heteroatoms. The maximum Gasteiger partial charge on any atom is 0.245 e. The molecular formula is C22H24ClN3O6S. The number of hydrogen-bond donors (Lipinski definition) is 1. The van der Waals surface area contributed by atoms with Crippen molar-refractivity contribution in [3.05, 3.63) is 65.8 Å². The highest BCUT2D eigenvalue weighted by atomic mass is 35.5. The van der Waals surface area contributed by atoms with Crippen LogP contribution < -0.4 is 14.8 Å². The molecule has 0 atom stereocenters. The zero-order chi connectivity index (χ0) is 23.8. The van der Waals surface area contributed by atoms with E-state index in [0.29, 0.717) is 36.2 Å². The van der Waals surface area contributed by atoms with Crippen LogP contribution in [0, 0.1) is 0 Å². The number of nitrogens with one attached hydrogen (secondary N) is 1. The third-order valence-electron chi connectivity index (χ3n) is 4.41. The van der Waals surface area contributed by atoms with Crippen LogP contribution >= 0.6 is 11.6 Å². The molecule has 1 amide bonds. The van der Waals surface area contributed by atoms with Crippen molar-refractivity contribution in [2.75, 3.05) is 25.1 Å². The average Bonchev–Trinajstić information content (AvgIpc) is 3.29. The molecule has 0 fully saturated rings. The summed E-state index contributed by atoms with van der Waals surface area (Å²) in [6.07, 6.45) is 2.57. The molecule has 0 saturated heterocycles. The Balaban J connectivity index is 1.86. The number of ether oxygens (including phenoxy) is 2. The van der Waals surface area contributed by atoms with Crippen LogP contribution in [0.4, 0.5) is 5.69 Å². The standard InChI is InChI=1S/C22H24ClN3O6S/c1-3-30-16-7-9-20(31-4-2)19(12-16)25-22(27)15-26(14-17-6-5-11-32-17)33(28,29)18-8-10-21(23)24-13-18/h5-13H,3-4,14-15H2,1-2H3,(H,25,27). The monoisotopic (exact) mass is 493 g/mol. The third-order valence-corrected chi connectivity index (χ3v) is 6.41. The number of halogens is 1. The molecule has 0 spiro atoms. The maximum absolute atomic E-state index is 13.2. The van der Waals surface area contributed by atoms with E-state index in [1.165, 1.54) is 18.4 Å². The van der Waals surface area contributed by atoms with Gasteiger partial charge in [0.2, 0.25) is 15.9 Å². The molecule has 33 heavy (non-hydrogen) atoms. The Kier molecular flexibility index (Phi) is 8.32. The fourth-order valence-electron chi connectivity index (χ4n) is 2.96. The molecule has 176 valence electrons. The number of carbonyl (C=O) groups excluding carboxylic acids is 1. The van der Waals surface area contributed by atoms with Crippen molar-refractivity contribution >= 4 is 33.2 Å². The number of benzene rings is 1. The van der Waals surface area contributed by atoms with Crippen LogP contribution in [0.15, 0.2) is 64.2 Å². The van der Waals surface area contributed by atoms with Crippen LogP contribution in [-0.2, 0) is 21.4 Å². The van der Waals surface area contributed by atoms with E-state index < -0.39 is 22.5 Å². The molecule has 3 aromatic rings. The van der Waals surface area contributed by atoms with Crippen LogP contribution in [0.25, 0.3) is 0 Å². The van der Waals surface area contributed by atoms with Crippen LogP contribution in [0.3, 0.4) is 0 Å². The first-order valence-corrected chi connectivity index (χ1v) is 12.0. The highest BCUT2D eigenvalue weighted by molar-refractivity contribution is 7.89. The first-order chi connectivity index (χ1) is 15.8.